The Balaban J connectivity index is 1.36. The average molecular weight is 513 g/mol. The van der Waals surface area contributed by atoms with Gasteiger partial charge in [-0.15, -0.1) is 0 Å². The first kappa shape index (κ1) is 25.2. The molecule has 0 aliphatic rings. The number of hydrogen-bond donors (Lipinski definition) is 2. The monoisotopic (exact) mass is 512 g/mol. The number of carbonyl (C=O) groups is 1. The first-order valence-corrected chi connectivity index (χ1v) is 12.5. The number of hydrogen-bond acceptors (Lipinski definition) is 8. The smallest absolute Gasteiger partial charge is 0.175 e. The van der Waals surface area contributed by atoms with Gasteiger partial charge in [-0.2, -0.15) is 5.10 Å². The van der Waals surface area contributed by atoms with E-state index in [9.17, 15) is 4.79 Å². The molecule has 38 heavy (non-hydrogen) atoms. The first-order chi connectivity index (χ1) is 18.1. The molecular weight excluding hydrogens is 480 g/mol. The largest absolute Gasteiger partial charge is 0.485 e. The van der Waals surface area contributed by atoms with E-state index in [1.165, 1.54) is 0 Å². The highest BCUT2D eigenvalue weighted by Crippen LogP contribution is 2.27. The van der Waals surface area contributed by atoms with E-state index in [1.54, 1.807) is 12.3 Å². The molecule has 0 saturated heterocycles. The van der Waals surface area contributed by atoms with E-state index >= 15 is 0 Å². The third-order valence-electron chi connectivity index (χ3n) is 6.40. The van der Waals surface area contributed by atoms with Crippen LogP contribution in [0.25, 0.3) is 16.6 Å². The number of Topliss-reactive ketones (excluding diaryl/α,β-unsaturated/α-hetero) is 1. The summed E-state index contributed by atoms with van der Waals surface area (Å²) in [5.74, 6) is 1.58. The molecule has 196 valence electrons. The van der Waals surface area contributed by atoms with Crippen molar-refractivity contribution in [2.24, 2.45) is 5.41 Å². The fourth-order valence-corrected chi connectivity index (χ4v) is 4.23. The fourth-order valence-electron chi connectivity index (χ4n) is 4.23. The Labute approximate surface area is 220 Å². The second kappa shape index (κ2) is 9.77. The molecule has 5 aromatic rings. The summed E-state index contributed by atoms with van der Waals surface area (Å²) >= 11 is 0. The quantitative estimate of drug-likeness (QED) is 0.315. The lowest BCUT2D eigenvalue weighted by molar-refractivity contribution is -0.128. The van der Waals surface area contributed by atoms with Gasteiger partial charge in [-0.25, -0.2) is 15.0 Å². The van der Waals surface area contributed by atoms with Crippen molar-refractivity contribution in [1.29, 1.82) is 0 Å². The van der Waals surface area contributed by atoms with Gasteiger partial charge >= 0.3 is 0 Å². The zero-order valence-corrected chi connectivity index (χ0v) is 22.3. The minimum atomic E-state index is -0.491. The Kier molecular flexibility index (Phi) is 6.48. The van der Waals surface area contributed by atoms with Crippen molar-refractivity contribution < 1.29 is 9.53 Å². The summed E-state index contributed by atoms with van der Waals surface area (Å²) in [5.41, 5.74) is 10.9. The fraction of sp³-hybridized carbons (Fsp3) is 0.321. The second-order valence-electron chi connectivity index (χ2n) is 10.5. The van der Waals surface area contributed by atoms with Crippen LogP contribution < -0.4 is 15.8 Å². The number of anilines is 2. The number of nitrogens with two attached hydrogens (primary N) is 1. The van der Waals surface area contributed by atoms with Crippen molar-refractivity contribution in [3.05, 3.63) is 71.6 Å². The molecule has 10 heteroatoms. The number of rotatable bonds is 8. The lowest BCUT2D eigenvalue weighted by atomic mass is 9.91. The Morgan fingerprint density at radius 1 is 1.11 bits per heavy atom. The van der Waals surface area contributed by atoms with E-state index in [1.807, 2.05) is 68.2 Å². The molecule has 0 saturated carbocycles. The molecule has 0 radical (unpaired) electrons. The number of pyridine rings is 3. The van der Waals surface area contributed by atoms with Crippen LogP contribution in [0.15, 0.2) is 49.1 Å². The van der Waals surface area contributed by atoms with Gasteiger partial charge in [0.1, 0.15) is 29.6 Å². The molecule has 0 unspecified atom stereocenters. The molecule has 0 aliphatic heterocycles. The van der Waals surface area contributed by atoms with Crippen LogP contribution in [0.2, 0.25) is 0 Å². The van der Waals surface area contributed by atoms with Crippen molar-refractivity contribution >= 4 is 34.0 Å². The number of ketones is 1. The van der Waals surface area contributed by atoms with E-state index in [-0.39, 0.29) is 12.4 Å². The highest BCUT2D eigenvalue weighted by atomic mass is 16.5. The number of fused-ring (bicyclic) bond motifs is 2. The summed E-state index contributed by atoms with van der Waals surface area (Å²) < 4.78 is 9.85. The lowest BCUT2D eigenvalue weighted by Crippen LogP contribution is -2.26. The van der Waals surface area contributed by atoms with E-state index in [2.05, 4.69) is 32.5 Å². The normalized spacial score (nSPS) is 11.8. The van der Waals surface area contributed by atoms with Gasteiger partial charge in [-0.1, -0.05) is 26.8 Å². The summed E-state index contributed by atoms with van der Waals surface area (Å²) in [6.07, 6.45) is 7.80. The maximum absolute atomic E-state index is 12.4. The maximum Gasteiger partial charge on any atom is 0.175 e. The van der Waals surface area contributed by atoms with Crippen LogP contribution in [0.4, 0.5) is 11.6 Å². The highest BCUT2D eigenvalue weighted by Gasteiger charge is 2.22. The number of ether oxygens (including phenoxy) is 1. The Morgan fingerprint density at radius 2 is 1.92 bits per heavy atom. The van der Waals surface area contributed by atoms with Gasteiger partial charge in [0.15, 0.2) is 5.78 Å². The molecule has 0 bridgehead atoms. The topological polar surface area (TPSA) is 125 Å². The Bertz CT molecular complexity index is 1640. The standard InChI is InChI=1S/C28H32N8O2/c1-17-12-35-13-19(6-7-26(35)32-17)14-36-15-21-22(34-36)8-9-30-27(21)31-11-20-18(2)33-25(29)10-23(20)38-16-24(37)28(3,4)5/h6-10,12-13,15H,11,14,16H2,1-5H3,(H2,29,33)(H,30,31). The zero-order valence-electron chi connectivity index (χ0n) is 22.3. The van der Waals surface area contributed by atoms with Gasteiger partial charge in [0.25, 0.3) is 0 Å². The molecule has 10 nitrogen and oxygen atoms in total. The summed E-state index contributed by atoms with van der Waals surface area (Å²) in [6.45, 7) is 10.4. The number of aryl methyl sites for hydroxylation is 2. The van der Waals surface area contributed by atoms with Crippen molar-refractivity contribution in [3.8, 4) is 5.75 Å². The highest BCUT2D eigenvalue weighted by molar-refractivity contribution is 5.88. The predicted molar refractivity (Wildman–Crippen MR) is 147 cm³/mol. The number of imidazole rings is 1. The van der Waals surface area contributed by atoms with Crippen LogP contribution in [-0.4, -0.2) is 41.5 Å². The third kappa shape index (κ3) is 5.29. The number of nitrogens with zero attached hydrogens (tertiary/aromatic N) is 6. The summed E-state index contributed by atoms with van der Waals surface area (Å²) in [5, 5.41) is 9.05. The Hall–Kier alpha value is -4.47. The molecule has 0 aliphatic carbocycles. The molecule has 0 fully saturated rings. The maximum atomic E-state index is 12.4. The molecule has 3 N–H and O–H groups in total. The molecule has 0 atom stereocenters. The number of aromatic nitrogens is 6. The first-order valence-electron chi connectivity index (χ1n) is 12.5. The van der Waals surface area contributed by atoms with E-state index in [0.29, 0.717) is 30.5 Å². The lowest BCUT2D eigenvalue weighted by Gasteiger charge is -2.19. The Morgan fingerprint density at radius 3 is 2.71 bits per heavy atom. The van der Waals surface area contributed by atoms with Crippen LogP contribution in [0.1, 0.15) is 43.3 Å². The molecule has 0 spiro atoms. The van der Waals surface area contributed by atoms with Crippen molar-refractivity contribution in [2.75, 3.05) is 17.7 Å². The van der Waals surface area contributed by atoms with Crippen LogP contribution in [-0.2, 0) is 17.9 Å². The van der Waals surface area contributed by atoms with Gasteiger partial charge in [-0.3, -0.25) is 9.48 Å². The molecular formula is C28H32N8O2. The van der Waals surface area contributed by atoms with Crippen LogP contribution >= 0.6 is 0 Å². The molecule has 5 aromatic heterocycles. The third-order valence-corrected chi connectivity index (χ3v) is 6.40. The van der Waals surface area contributed by atoms with Crippen molar-refractivity contribution in [1.82, 2.24) is 29.1 Å². The minimum absolute atomic E-state index is 0.00520. The van der Waals surface area contributed by atoms with E-state index < -0.39 is 5.41 Å². The van der Waals surface area contributed by atoms with Crippen molar-refractivity contribution in [2.45, 2.75) is 47.7 Å². The second-order valence-corrected chi connectivity index (χ2v) is 10.5. The van der Waals surface area contributed by atoms with Crippen LogP contribution in [0.5, 0.6) is 5.75 Å². The SMILES string of the molecule is Cc1cn2cc(Cn3cc4c(NCc5c(OCC(=O)C(C)(C)C)cc(N)nc5C)nccc4n3)ccc2n1. The predicted octanol–water partition coefficient (Wildman–Crippen LogP) is 4.33. The van der Waals surface area contributed by atoms with E-state index in [0.717, 1.165) is 39.1 Å². The van der Waals surface area contributed by atoms with Gasteiger partial charge in [0, 0.05) is 54.1 Å². The number of nitrogens with one attached hydrogen (secondary N) is 1. The molecule has 5 heterocycles. The summed E-state index contributed by atoms with van der Waals surface area (Å²) in [4.78, 5) is 25.9. The van der Waals surface area contributed by atoms with Gasteiger partial charge in [0.05, 0.1) is 23.1 Å². The molecule has 0 aromatic carbocycles. The average Bonchev–Trinajstić information content (AvgIpc) is 3.42. The van der Waals surface area contributed by atoms with Gasteiger partial charge in [-0.05, 0) is 31.5 Å². The van der Waals surface area contributed by atoms with Crippen LogP contribution in [0, 0.1) is 19.3 Å². The number of carbonyl (C=O) groups excluding carboxylic acids is 1. The molecule has 5 rings (SSSR count). The van der Waals surface area contributed by atoms with Crippen molar-refractivity contribution in [3.63, 3.8) is 0 Å². The zero-order chi connectivity index (χ0) is 27.0. The van der Waals surface area contributed by atoms with Crippen LogP contribution in [0.3, 0.4) is 0 Å². The van der Waals surface area contributed by atoms with E-state index in [4.69, 9.17) is 15.6 Å². The van der Waals surface area contributed by atoms with Gasteiger partial charge in [0.2, 0.25) is 0 Å². The molecule has 0 amide bonds. The number of nitrogen functional groups attached to an aromatic ring is 1. The summed E-state index contributed by atoms with van der Waals surface area (Å²) in [7, 11) is 0. The minimum Gasteiger partial charge on any atom is -0.485 e. The summed E-state index contributed by atoms with van der Waals surface area (Å²) in [6, 6.07) is 7.62. The van der Waals surface area contributed by atoms with Gasteiger partial charge < -0.3 is 20.2 Å².